The van der Waals surface area contributed by atoms with Crippen molar-refractivity contribution in [2.45, 2.75) is 20.3 Å². The van der Waals surface area contributed by atoms with Crippen molar-refractivity contribution in [3.05, 3.63) is 21.5 Å². The van der Waals surface area contributed by atoms with Crippen molar-refractivity contribution in [1.29, 1.82) is 0 Å². The molecule has 0 spiro atoms. The highest BCUT2D eigenvalue weighted by molar-refractivity contribution is 7.14. The van der Waals surface area contributed by atoms with Gasteiger partial charge in [-0.3, -0.25) is 5.10 Å². The van der Waals surface area contributed by atoms with Gasteiger partial charge in [0.2, 0.25) is 0 Å². The van der Waals surface area contributed by atoms with Crippen molar-refractivity contribution < 1.29 is 0 Å². The lowest BCUT2D eigenvalue weighted by molar-refractivity contribution is 1.11. The number of rotatable bonds is 2. The number of thiophene rings is 1. The Labute approximate surface area is 97.3 Å². The topological polar surface area (TPSA) is 54.7 Å². The maximum atomic E-state index is 6.20. The highest BCUT2D eigenvalue weighted by Gasteiger charge is 2.16. The molecule has 0 saturated carbocycles. The monoisotopic (exact) mass is 241 g/mol. The van der Waals surface area contributed by atoms with Crippen molar-refractivity contribution in [3.63, 3.8) is 0 Å². The van der Waals surface area contributed by atoms with Crippen molar-refractivity contribution in [1.82, 2.24) is 10.2 Å². The summed E-state index contributed by atoms with van der Waals surface area (Å²) in [6, 6.07) is 0. The van der Waals surface area contributed by atoms with Crippen LogP contribution in [0, 0.1) is 6.92 Å². The summed E-state index contributed by atoms with van der Waals surface area (Å²) in [5, 5.41) is 9.79. The number of hydrogen-bond acceptors (Lipinski definition) is 3. The van der Waals surface area contributed by atoms with Gasteiger partial charge in [-0.2, -0.15) is 5.10 Å². The number of anilines is 1. The summed E-state index contributed by atoms with van der Waals surface area (Å²) >= 11 is 7.82. The third-order valence-electron chi connectivity index (χ3n) is 2.38. The van der Waals surface area contributed by atoms with Gasteiger partial charge in [0.05, 0.1) is 15.6 Å². The van der Waals surface area contributed by atoms with Crippen LogP contribution in [0.1, 0.15) is 18.1 Å². The predicted octanol–water partition coefficient (Wildman–Crippen LogP) is 3.24. The molecule has 0 aliphatic carbocycles. The second-order valence-electron chi connectivity index (χ2n) is 3.38. The second-order valence-corrected chi connectivity index (χ2v) is 4.64. The molecule has 2 aromatic rings. The lowest BCUT2D eigenvalue weighted by atomic mass is 10.1. The number of nitrogen functional groups attached to an aromatic ring is 1. The van der Waals surface area contributed by atoms with Gasteiger partial charge in [-0.05, 0) is 24.3 Å². The summed E-state index contributed by atoms with van der Waals surface area (Å²) in [4.78, 5) is 1.02. The minimum absolute atomic E-state index is 0.564. The summed E-state index contributed by atoms with van der Waals surface area (Å²) in [5.41, 5.74) is 8.85. The lowest BCUT2D eigenvalue weighted by Gasteiger charge is -1.99. The fraction of sp³-hybridized carbons (Fsp3) is 0.300. The fourth-order valence-corrected chi connectivity index (χ4v) is 2.83. The standard InChI is InChI=1S/C10H12ClN3S/c1-3-6-8(13-14-10(6)12)9-7(11)5(2)4-15-9/h4H,3H2,1-2H3,(H3,12,13,14). The zero-order valence-electron chi connectivity index (χ0n) is 8.60. The van der Waals surface area contributed by atoms with E-state index in [9.17, 15) is 0 Å². The van der Waals surface area contributed by atoms with Gasteiger partial charge in [0.25, 0.3) is 0 Å². The van der Waals surface area contributed by atoms with E-state index in [0.29, 0.717) is 5.82 Å². The maximum absolute atomic E-state index is 6.20. The molecule has 3 N–H and O–H groups in total. The Balaban J connectivity index is 2.58. The minimum atomic E-state index is 0.564. The molecule has 0 aromatic carbocycles. The maximum Gasteiger partial charge on any atom is 0.149 e. The molecule has 80 valence electrons. The number of aromatic amines is 1. The zero-order valence-corrected chi connectivity index (χ0v) is 10.2. The number of nitrogens with two attached hydrogens (primary N) is 1. The molecule has 2 heterocycles. The van der Waals surface area contributed by atoms with Crippen LogP contribution in [0.2, 0.25) is 5.02 Å². The number of nitrogens with one attached hydrogen (secondary N) is 1. The summed E-state index contributed by atoms with van der Waals surface area (Å²) < 4.78 is 0. The van der Waals surface area contributed by atoms with Gasteiger partial charge in [-0.15, -0.1) is 11.3 Å². The number of nitrogens with zero attached hydrogens (tertiary/aromatic N) is 1. The van der Waals surface area contributed by atoms with Gasteiger partial charge in [0, 0.05) is 5.56 Å². The Bertz CT molecular complexity index is 487. The number of H-pyrrole nitrogens is 1. The molecule has 3 nitrogen and oxygen atoms in total. The van der Waals surface area contributed by atoms with E-state index in [1.807, 2.05) is 12.3 Å². The average Bonchev–Trinajstić information content (AvgIpc) is 2.73. The first-order valence-electron chi connectivity index (χ1n) is 4.71. The van der Waals surface area contributed by atoms with Crippen LogP contribution in [0.4, 0.5) is 5.82 Å². The van der Waals surface area contributed by atoms with Gasteiger partial charge in [0.1, 0.15) is 5.82 Å². The van der Waals surface area contributed by atoms with E-state index in [1.54, 1.807) is 11.3 Å². The molecule has 0 unspecified atom stereocenters. The summed E-state index contributed by atoms with van der Waals surface area (Å²) in [6.07, 6.45) is 0.852. The molecule has 5 heteroatoms. The van der Waals surface area contributed by atoms with E-state index in [2.05, 4.69) is 17.1 Å². The Morgan fingerprint density at radius 2 is 2.33 bits per heavy atom. The molecule has 2 aromatic heterocycles. The third-order valence-corrected chi connectivity index (χ3v) is 4.09. The van der Waals surface area contributed by atoms with E-state index in [0.717, 1.165) is 33.1 Å². The first-order chi connectivity index (χ1) is 7.15. The molecule has 0 aliphatic heterocycles. The van der Waals surface area contributed by atoms with E-state index in [1.165, 1.54) is 0 Å². The van der Waals surface area contributed by atoms with Crippen LogP contribution in [0.15, 0.2) is 5.38 Å². The summed E-state index contributed by atoms with van der Waals surface area (Å²) in [6.45, 7) is 4.05. The first-order valence-corrected chi connectivity index (χ1v) is 5.97. The van der Waals surface area contributed by atoms with Crippen LogP contribution >= 0.6 is 22.9 Å². The van der Waals surface area contributed by atoms with E-state index >= 15 is 0 Å². The fourth-order valence-electron chi connectivity index (χ4n) is 1.52. The van der Waals surface area contributed by atoms with Gasteiger partial charge in [-0.25, -0.2) is 0 Å². The number of halogens is 1. The van der Waals surface area contributed by atoms with Crippen LogP contribution < -0.4 is 5.73 Å². The van der Waals surface area contributed by atoms with E-state index in [4.69, 9.17) is 17.3 Å². The van der Waals surface area contributed by atoms with Crippen LogP contribution in [0.25, 0.3) is 10.6 Å². The van der Waals surface area contributed by atoms with Crippen molar-refractivity contribution in [2.24, 2.45) is 0 Å². The van der Waals surface area contributed by atoms with Crippen molar-refractivity contribution in [3.8, 4) is 10.6 Å². The molecule has 0 aliphatic rings. The van der Waals surface area contributed by atoms with Crippen LogP contribution in [-0.2, 0) is 6.42 Å². The van der Waals surface area contributed by atoms with Gasteiger partial charge >= 0.3 is 0 Å². The Hall–Kier alpha value is -1.00. The molecule has 0 atom stereocenters. The molecule has 2 rings (SSSR count). The van der Waals surface area contributed by atoms with Crippen LogP contribution in [-0.4, -0.2) is 10.2 Å². The van der Waals surface area contributed by atoms with E-state index < -0.39 is 0 Å². The smallest absolute Gasteiger partial charge is 0.149 e. The molecule has 0 radical (unpaired) electrons. The number of aromatic nitrogens is 2. The molecule has 15 heavy (non-hydrogen) atoms. The molecular formula is C10H12ClN3S. The lowest BCUT2D eigenvalue weighted by Crippen LogP contribution is -1.90. The predicted molar refractivity (Wildman–Crippen MR) is 65.4 cm³/mol. The molecule has 0 bridgehead atoms. The highest BCUT2D eigenvalue weighted by atomic mass is 35.5. The Morgan fingerprint density at radius 1 is 1.60 bits per heavy atom. The van der Waals surface area contributed by atoms with Crippen LogP contribution in [0.5, 0.6) is 0 Å². The molecule has 0 amide bonds. The van der Waals surface area contributed by atoms with Crippen molar-refractivity contribution in [2.75, 3.05) is 5.73 Å². The molecular weight excluding hydrogens is 230 g/mol. The SMILES string of the molecule is CCc1c(N)n[nH]c1-c1scc(C)c1Cl. The Kier molecular flexibility index (Phi) is 2.71. The quantitative estimate of drug-likeness (QED) is 0.848. The number of aryl methyl sites for hydroxylation is 1. The molecule has 0 fully saturated rings. The van der Waals surface area contributed by atoms with Gasteiger partial charge in [-0.1, -0.05) is 18.5 Å². The van der Waals surface area contributed by atoms with E-state index in [-0.39, 0.29) is 0 Å². The number of hydrogen-bond donors (Lipinski definition) is 2. The Morgan fingerprint density at radius 3 is 2.87 bits per heavy atom. The van der Waals surface area contributed by atoms with Gasteiger partial charge in [0.15, 0.2) is 0 Å². The van der Waals surface area contributed by atoms with Crippen molar-refractivity contribution >= 4 is 28.8 Å². The largest absolute Gasteiger partial charge is 0.382 e. The summed E-state index contributed by atoms with van der Waals surface area (Å²) in [7, 11) is 0. The second kappa shape index (κ2) is 3.87. The average molecular weight is 242 g/mol. The normalized spacial score (nSPS) is 10.9. The minimum Gasteiger partial charge on any atom is -0.382 e. The zero-order chi connectivity index (χ0) is 11.0. The highest BCUT2D eigenvalue weighted by Crippen LogP contribution is 2.38. The molecule has 0 saturated heterocycles. The van der Waals surface area contributed by atoms with Crippen LogP contribution in [0.3, 0.4) is 0 Å². The first kappa shape index (κ1) is 10.5. The third kappa shape index (κ3) is 1.64. The summed E-state index contributed by atoms with van der Waals surface area (Å²) in [5.74, 6) is 0.564. The van der Waals surface area contributed by atoms with Gasteiger partial charge < -0.3 is 5.73 Å².